The van der Waals surface area contributed by atoms with Crippen molar-refractivity contribution in [3.8, 4) is 5.75 Å². The van der Waals surface area contributed by atoms with E-state index >= 15 is 0 Å². The molecule has 0 aromatic carbocycles. The summed E-state index contributed by atoms with van der Waals surface area (Å²) in [7, 11) is 0. The number of amides is 2. The van der Waals surface area contributed by atoms with Gasteiger partial charge in [0.25, 0.3) is 0 Å². The molecule has 0 bridgehead atoms. The molecule has 1 aliphatic rings. The zero-order chi connectivity index (χ0) is 13.7. The Morgan fingerprint density at radius 2 is 2.21 bits per heavy atom. The van der Waals surface area contributed by atoms with E-state index in [0.29, 0.717) is 13.1 Å². The number of ether oxygens (including phenoxy) is 1. The molecule has 2 rings (SSSR count). The van der Waals surface area contributed by atoms with Crippen LogP contribution in [0.2, 0.25) is 0 Å². The van der Waals surface area contributed by atoms with E-state index in [4.69, 9.17) is 4.74 Å². The number of pyridine rings is 1. The van der Waals surface area contributed by atoms with Crippen LogP contribution in [0.25, 0.3) is 0 Å². The number of hydrogen-bond donors (Lipinski definition) is 1. The highest BCUT2D eigenvalue weighted by molar-refractivity contribution is 5.83. The summed E-state index contributed by atoms with van der Waals surface area (Å²) in [6, 6.07) is 3.59. The number of carbonyl (C=O) groups is 2. The number of aromatic nitrogens is 1. The molecule has 1 saturated heterocycles. The van der Waals surface area contributed by atoms with Gasteiger partial charge in [0.15, 0.2) is 0 Å². The average molecular weight is 263 g/mol. The molecule has 0 radical (unpaired) electrons. The lowest BCUT2D eigenvalue weighted by Crippen LogP contribution is -2.39. The lowest BCUT2D eigenvalue weighted by Gasteiger charge is -2.17. The second-order valence-corrected chi connectivity index (χ2v) is 4.46. The predicted molar refractivity (Wildman–Crippen MR) is 68.5 cm³/mol. The van der Waals surface area contributed by atoms with Crippen molar-refractivity contribution in [2.24, 2.45) is 0 Å². The Labute approximate surface area is 111 Å². The van der Waals surface area contributed by atoms with Gasteiger partial charge < -0.3 is 15.0 Å². The van der Waals surface area contributed by atoms with Gasteiger partial charge in [0, 0.05) is 32.3 Å². The van der Waals surface area contributed by atoms with Gasteiger partial charge in [-0.3, -0.25) is 14.6 Å². The largest absolute Gasteiger partial charge is 0.488 e. The van der Waals surface area contributed by atoms with Crippen LogP contribution < -0.4 is 10.1 Å². The zero-order valence-corrected chi connectivity index (χ0v) is 10.8. The summed E-state index contributed by atoms with van der Waals surface area (Å²) >= 11 is 0. The zero-order valence-electron chi connectivity index (χ0n) is 10.8. The van der Waals surface area contributed by atoms with Crippen molar-refractivity contribution in [2.75, 3.05) is 19.6 Å². The maximum absolute atomic E-state index is 11.8. The molecule has 0 aliphatic carbocycles. The van der Waals surface area contributed by atoms with Gasteiger partial charge in [0.2, 0.25) is 11.8 Å². The van der Waals surface area contributed by atoms with Gasteiger partial charge in [-0.2, -0.15) is 0 Å². The first-order valence-corrected chi connectivity index (χ1v) is 6.24. The van der Waals surface area contributed by atoms with E-state index in [1.807, 2.05) is 0 Å². The van der Waals surface area contributed by atoms with Crippen molar-refractivity contribution >= 4 is 11.8 Å². The Bertz CT molecular complexity index is 450. The lowest BCUT2D eigenvalue weighted by molar-refractivity contribution is -0.131. The fourth-order valence-electron chi connectivity index (χ4n) is 1.97. The topological polar surface area (TPSA) is 71.5 Å². The second kappa shape index (κ2) is 6.17. The van der Waals surface area contributed by atoms with E-state index in [0.717, 1.165) is 12.2 Å². The molecule has 1 N–H and O–H groups in total. The summed E-state index contributed by atoms with van der Waals surface area (Å²) in [5, 5.41) is 2.51. The molecule has 1 aromatic rings. The van der Waals surface area contributed by atoms with Crippen LogP contribution in [0.15, 0.2) is 24.5 Å². The quantitative estimate of drug-likeness (QED) is 0.842. The molecule has 1 aromatic heterocycles. The summed E-state index contributed by atoms with van der Waals surface area (Å²) in [4.78, 5) is 28.2. The van der Waals surface area contributed by atoms with Crippen LogP contribution in [0.5, 0.6) is 5.75 Å². The molecule has 0 saturated carbocycles. The second-order valence-electron chi connectivity index (χ2n) is 4.46. The minimum Gasteiger partial charge on any atom is -0.488 e. The third-order valence-electron chi connectivity index (χ3n) is 2.94. The maximum atomic E-state index is 11.8. The van der Waals surface area contributed by atoms with Gasteiger partial charge >= 0.3 is 0 Å². The van der Waals surface area contributed by atoms with Crippen molar-refractivity contribution in [3.05, 3.63) is 24.5 Å². The third-order valence-corrected chi connectivity index (χ3v) is 2.94. The van der Waals surface area contributed by atoms with Crippen LogP contribution in [0.4, 0.5) is 0 Å². The summed E-state index contributed by atoms with van der Waals surface area (Å²) in [5.74, 6) is 0.490. The normalized spacial score (nSPS) is 18.2. The molecule has 19 heavy (non-hydrogen) atoms. The average Bonchev–Trinajstić information content (AvgIpc) is 2.85. The molecule has 0 spiro atoms. The molecule has 6 nitrogen and oxygen atoms in total. The SMILES string of the molecule is CC(=O)NCC(=O)N1CC[C@@H](Oc2ccncc2)C1. The van der Waals surface area contributed by atoms with Crippen molar-refractivity contribution in [3.63, 3.8) is 0 Å². The highest BCUT2D eigenvalue weighted by atomic mass is 16.5. The van der Waals surface area contributed by atoms with Crippen LogP contribution >= 0.6 is 0 Å². The van der Waals surface area contributed by atoms with Gasteiger partial charge in [-0.05, 0) is 12.1 Å². The Morgan fingerprint density at radius 3 is 2.89 bits per heavy atom. The van der Waals surface area contributed by atoms with Crippen LogP contribution in [0.3, 0.4) is 0 Å². The first-order valence-electron chi connectivity index (χ1n) is 6.24. The van der Waals surface area contributed by atoms with Crippen LogP contribution in [0.1, 0.15) is 13.3 Å². The first kappa shape index (κ1) is 13.3. The molecular weight excluding hydrogens is 246 g/mol. The Kier molecular flexibility index (Phi) is 4.33. The standard InChI is InChI=1S/C13H17N3O3/c1-10(17)15-8-13(18)16-7-4-12(9-16)19-11-2-5-14-6-3-11/h2-3,5-6,12H,4,7-9H2,1H3,(H,15,17)/t12-/m1/s1. The van der Waals surface area contributed by atoms with Crippen LogP contribution in [-0.2, 0) is 9.59 Å². The van der Waals surface area contributed by atoms with Crippen molar-refractivity contribution < 1.29 is 14.3 Å². The molecule has 2 heterocycles. The predicted octanol–water partition coefficient (Wildman–Crippen LogP) is 0.197. The monoisotopic (exact) mass is 263 g/mol. The number of nitrogens with zero attached hydrogens (tertiary/aromatic N) is 2. The Balaban J connectivity index is 1.80. The van der Waals surface area contributed by atoms with Crippen LogP contribution in [-0.4, -0.2) is 47.4 Å². The maximum Gasteiger partial charge on any atom is 0.242 e. The molecule has 102 valence electrons. The lowest BCUT2D eigenvalue weighted by atomic mass is 10.3. The molecule has 0 unspecified atom stereocenters. The smallest absolute Gasteiger partial charge is 0.242 e. The van der Waals surface area contributed by atoms with E-state index in [1.54, 1.807) is 29.4 Å². The van der Waals surface area contributed by atoms with E-state index in [1.165, 1.54) is 6.92 Å². The highest BCUT2D eigenvalue weighted by Crippen LogP contribution is 2.17. The minimum absolute atomic E-state index is 0.00341. The van der Waals surface area contributed by atoms with Crippen molar-refractivity contribution in [1.29, 1.82) is 0 Å². The van der Waals surface area contributed by atoms with Gasteiger partial charge in [-0.15, -0.1) is 0 Å². The molecular formula is C13H17N3O3. The summed E-state index contributed by atoms with van der Waals surface area (Å²) in [5.41, 5.74) is 0. The fourth-order valence-corrected chi connectivity index (χ4v) is 1.97. The Morgan fingerprint density at radius 1 is 1.47 bits per heavy atom. The third kappa shape index (κ3) is 3.94. The number of carbonyl (C=O) groups excluding carboxylic acids is 2. The number of hydrogen-bond acceptors (Lipinski definition) is 4. The number of nitrogens with one attached hydrogen (secondary N) is 1. The highest BCUT2D eigenvalue weighted by Gasteiger charge is 2.27. The van der Waals surface area contributed by atoms with Crippen molar-refractivity contribution in [2.45, 2.75) is 19.4 Å². The van der Waals surface area contributed by atoms with E-state index < -0.39 is 0 Å². The Hall–Kier alpha value is -2.11. The number of likely N-dealkylation sites (tertiary alicyclic amines) is 1. The first-order chi connectivity index (χ1) is 9.15. The van der Waals surface area contributed by atoms with E-state index in [-0.39, 0.29) is 24.5 Å². The molecule has 1 atom stereocenters. The summed E-state index contributed by atoms with van der Waals surface area (Å²) in [6.07, 6.45) is 4.14. The van der Waals surface area contributed by atoms with Crippen molar-refractivity contribution in [1.82, 2.24) is 15.2 Å². The van der Waals surface area contributed by atoms with Gasteiger partial charge in [-0.1, -0.05) is 0 Å². The fraction of sp³-hybridized carbons (Fsp3) is 0.462. The molecule has 1 fully saturated rings. The summed E-state index contributed by atoms with van der Waals surface area (Å²) in [6.45, 7) is 2.67. The van der Waals surface area contributed by atoms with E-state index in [9.17, 15) is 9.59 Å². The minimum atomic E-state index is -0.197. The molecule has 6 heteroatoms. The number of rotatable bonds is 4. The van der Waals surface area contributed by atoms with E-state index in [2.05, 4.69) is 10.3 Å². The molecule has 1 aliphatic heterocycles. The van der Waals surface area contributed by atoms with Gasteiger partial charge in [0.1, 0.15) is 11.9 Å². The van der Waals surface area contributed by atoms with Crippen LogP contribution in [0, 0.1) is 0 Å². The molecule has 2 amide bonds. The summed E-state index contributed by atoms with van der Waals surface area (Å²) < 4.78 is 5.76. The van der Waals surface area contributed by atoms with Gasteiger partial charge in [0.05, 0.1) is 13.1 Å². The van der Waals surface area contributed by atoms with Gasteiger partial charge in [-0.25, -0.2) is 0 Å².